The van der Waals surface area contributed by atoms with Crippen LogP contribution in [0.3, 0.4) is 0 Å². The Morgan fingerprint density at radius 2 is 1.67 bits per heavy atom. The van der Waals surface area contributed by atoms with Crippen LogP contribution < -0.4 is 15.5 Å². The highest BCUT2D eigenvalue weighted by Gasteiger charge is 2.01. The van der Waals surface area contributed by atoms with Gasteiger partial charge in [-0.3, -0.25) is 0 Å². The second-order valence-corrected chi connectivity index (χ2v) is 5.06. The summed E-state index contributed by atoms with van der Waals surface area (Å²) in [6.07, 6.45) is 0.815. The van der Waals surface area contributed by atoms with Crippen molar-refractivity contribution in [3.8, 4) is 0 Å². The Morgan fingerprint density at radius 3 is 2.29 bits per heavy atom. The van der Waals surface area contributed by atoms with Gasteiger partial charge in [0.2, 0.25) is 0 Å². The maximum absolute atomic E-state index is 11.7. The summed E-state index contributed by atoms with van der Waals surface area (Å²) in [6, 6.07) is 17.6. The van der Waals surface area contributed by atoms with E-state index >= 15 is 0 Å². The predicted octanol–water partition coefficient (Wildman–Crippen LogP) is 3.12. The van der Waals surface area contributed by atoms with E-state index in [1.165, 1.54) is 11.3 Å². The van der Waals surface area contributed by atoms with E-state index in [0.717, 1.165) is 12.1 Å². The van der Waals surface area contributed by atoms with Crippen molar-refractivity contribution in [1.82, 2.24) is 5.32 Å². The topological polar surface area (TPSA) is 44.4 Å². The van der Waals surface area contributed by atoms with Crippen LogP contribution in [0.2, 0.25) is 0 Å². The zero-order valence-electron chi connectivity index (χ0n) is 12.5. The van der Waals surface area contributed by atoms with Gasteiger partial charge in [0, 0.05) is 32.0 Å². The van der Waals surface area contributed by atoms with Crippen LogP contribution in [0.4, 0.5) is 16.2 Å². The molecule has 2 amide bonds. The van der Waals surface area contributed by atoms with Gasteiger partial charge in [0.05, 0.1) is 0 Å². The molecule has 2 N–H and O–H groups in total. The van der Waals surface area contributed by atoms with E-state index in [1.54, 1.807) is 0 Å². The molecule has 0 heterocycles. The molecule has 2 rings (SSSR count). The molecule has 0 saturated carbocycles. The van der Waals surface area contributed by atoms with Crippen molar-refractivity contribution >= 4 is 17.4 Å². The van der Waals surface area contributed by atoms with Crippen molar-refractivity contribution in [2.75, 3.05) is 30.9 Å². The van der Waals surface area contributed by atoms with E-state index in [4.69, 9.17) is 0 Å². The second kappa shape index (κ2) is 7.33. The Morgan fingerprint density at radius 1 is 1.00 bits per heavy atom. The molecule has 0 saturated heterocycles. The summed E-state index contributed by atoms with van der Waals surface area (Å²) in [5, 5.41) is 5.65. The van der Waals surface area contributed by atoms with Gasteiger partial charge in [-0.15, -0.1) is 0 Å². The first-order valence-corrected chi connectivity index (χ1v) is 7.01. The Balaban J connectivity index is 1.75. The summed E-state index contributed by atoms with van der Waals surface area (Å²) >= 11 is 0. The molecule has 0 aromatic heterocycles. The van der Waals surface area contributed by atoms with E-state index in [9.17, 15) is 4.79 Å². The van der Waals surface area contributed by atoms with Crippen LogP contribution in [-0.2, 0) is 6.42 Å². The maximum atomic E-state index is 11.7. The molecule has 2 aromatic carbocycles. The minimum atomic E-state index is -0.175. The fraction of sp³-hybridized carbons (Fsp3) is 0.235. The number of carbonyl (C=O) groups excluding carboxylic acids is 1. The lowest BCUT2D eigenvalue weighted by atomic mass is 10.1. The molecule has 0 radical (unpaired) electrons. The second-order valence-electron chi connectivity index (χ2n) is 5.06. The Hall–Kier alpha value is -2.49. The van der Waals surface area contributed by atoms with Crippen LogP contribution in [0.25, 0.3) is 0 Å². The molecule has 0 unspecified atom stereocenters. The van der Waals surface area contributed by atoms with Gasteiger partial charge in [0.1, 0.15) is 0 Å². The standard InChI is InChI=1S/C17H21N3O/c1-20(2)16-10-8-14(9-11-16)12-13-18-17(21)19-15-6-4-3-5-7-15/h3-11H,12-13H2,1-2H3,(H2,18,19,21). The molecule has 0 aliphatic carbocycles. The van der Waals surface area contributed by atoms with Gasteiger partial charge in [-0.1, -0.05) is 30.3 Å². The van der Waals surface area contributed by atoms with Crippen molar-refractivity contribution < 1.29 is 4.79 Å². The summed E-state index contributed by atoms with van der Waals surface area (Å²) in [6.45, 7) is 0.611. The zero-order valence-corrected chi connectivity index (χ0v) is 12.5. The monoisotopic (exact) mass is 283 g/mol. The van der Waals surface area contributed by atoms with Crippen molar-refractivity contribution in [1.29, 1.82) is 0 Å². The molecule has 2 aromatic rings. The number of hydrogen-bond acceptors (Lipinski definition) is 2. The van der Waals surface area contributed by atoms with E-state index in [-0.39, 0.29) is 6.03 Å². The number of rotatable bonds is 5. The number of amides is 2. The third kappa shape index (κ3) is 4.84. The number of benzene rings is 2. The minimum Gasteiger partial charge on any atom is -0.378 e. The van der Waals surface area contributed by atoms with E-state index in [1.807, 2.05) is 44.4 Å². The molecule has 110 valence electrons. The third-order valence-corrected chi connectivity index (χ3v) is 3.18. The molecule has 0 atom stereocenters. The number of para-hydroxylation sites is 1. The van der Waals surface area contributed by atoms with Crippen molar-refractivity contribution in [3.63, 3.8) is 0 Å². The predicted molar refractivity (Wildman–Crippen MR) is 87.9 cm³/mol. The summed E-state index contributed by atoms with van der Waals surface area (Å²) in [5.41, 5.74) is 3.18. The maximum Gasteiger partial charge on any atom is 0.319 e. The summed E-state index contributed by atoms with van der Waals surface area (Å²) in [4.78, 5) is 13.8. The molecule has 0 aliphatic rings. The molecular formula is C17H21N3O. The van der Waals surface area contributed by atoms with Crippen LogP contribution in [-0.4, -0.2) is 26.7 Å². The summed E-state index contributed by atoms with van der Waals surface area (Å²) in [5.74, 6) is 0. The highest BCUT2D eigenvalue weighted by molar-refractivity contribution is 5.89. The molecule has 0 bridgehead atoms. The van der Waals surface area contributed by atoms with Crippen molar-refractivity contribution in [2.24, 2.45) is 0 Å². The minimum absolute atomic E-state index is 0.175. The van der Waals surface area contributed by atoms with Gasteiger partial charge in [-0.25, -0.2) is 4.79 Å². The third-order valence-electron chi connectivity index (χ3n) is 3.18. The number of nitrogens with zero attached hydrogens (tertiary/aromatic N) is 1. The zero-order chi connectivity index (χ0) is 15.1. The lowest BCUT2D eigenvalue weighted by Gasteiger charge is -2.13. The number of carbonyl (C=O) groups is 1. The quantitative estimate of drug-likeness (QED) is 0.885. The number of anilines is 2. The van der Waals surface area contributed by atoms with Gasteiger partial charge >= 0.3 is 6.03 Å². The highest BCUT2D eigenvalue weighted by Crippen LogP contribution is 2.12. The number of hydrogen-bond donors (Lipinski definition) is 2. The van der Waals surface area contributed by atoms with E-state index in [0.29, 0.717) is 6.54 Å². The lowest BCUT2D eigenvalue weighted by Crippen LogP contribution is -2.30. The van der Waals surface area contributed by atoms with E-state index in [2.05, 4.69) is 39.8 Å². The van der Waals surface area contributed by atoms with Crippen LogP contribution in [0.15, 0.2) is 54.6 Å². The molecule has 0 spiro atoms. The van der Waals surface area contributed by atoms with Gasteiger partial charge < -0.3 is 15.5 Å². The first kappa shape index (κ1) is 14.9. The number of urea groups is 1. The Kier molecular flexibility index (Phi) is 5.21. The van der Waals surface area contributed by atoms with Crippen molar-refractivity contribution in [2.45, 2.75) is 6.42 Å². The fourth-order valence-corrected chi connectivity index (χ4v) is 1.98. The summed E-state index contributed by atoms with van der Waals surface area (Å²) < 4.78 is 0. The molecule has 4 heteroatoms. The molecule has 0 fully saturated rings. The smallest absolute Gasteiger partial charge is 0.319 e. The fourth-order valence-electron chi connectivity index (χ4n) is 1.98. The van der Waals surface area contributed by atoms with Crippen LogP contribution in [0, 0.1) is 0 Å². The summed E-state index contributed by atoms with van der Waals surface area (Å²) in [7, 11) is 4.04. The molecule has 4 nitrogen and oxygen atoms in total. The first-order chi connectivity index (χ1) is 10.1. The molecular weight excluding hydrogens is 262 g/mol. The SMILES string of the molecule is CN(C)c1ccc(CCNC(=O)Nc2ccccc2)cc1. The highest BCUT2D eigenvalue weighted by atomic mass is 16.2. The normalized spacial score (nSPS) is 10.0. The number of nitrogens with one attached hydrogen (secondary N) is 2. The average molecular weight is 283 g/mol. The van der Waals surface area contributed by atoms with Crippen LogP contribution in [0.5, 0.6) is 0 Å². The Bertz CT molecular complexity index is 564. The van der Waals surface area contributed by atoms with Crippen molar-refractivity contribution in [3.05, 3.63) is 60.2 Å². The van der Waals surface area contributed by atoms with Gasteiger partial charge in [-0.05, 0) is 36.2 Å². The van der Waals surface area contributed by atoms with Gasteiger partial charge in [0.25, 0.3) is 0 Å². The molecule has 0 aliphatic heterocycles. The van der Waals surface area contributed by atoms with E-state index < -0.39 is 0 Å². The van der Waals surface area contributed by atoms with Gasteiger partial charge in [0.15, 0.2) is 0 Å². The van der Waals surface area contributed by atoms with Crippen LogP contribution >= 0.6 is 0 Å². The first-order valence-electron chi connectivity index (χ1n) is 7.01. The van der Waals surface area contributed by atoms with Crippen LogP contribution in [0.1, 0.15) is 5.56 Å². The van der Waals surface area contributed by atoms with Gasteiger partial charge in [-0.2, -0.15) is 0 Å². The largest absolute Gasteiger partial charge is 0.378 e. The lowest BCUT2D eigenvalue weighted by molar-refractivity contribution is 0.252. The average Bonchev–Trinajstić information content (AvgIpc) is 2.49. The molecule has 21 heavy (non-hydrogen) atoms. The Labute approximate surface area is 125 Å².